The summed E-state index contributed by atoms with van der Waals surface area (Å²) >= 11 is 1.60. The molecule has 7 atom stereocenters. The molecule has 1 fully saturated rings. The number of thioether (sulfide) groups is 1. The first-order valence-corrected chi connectivity index (χ1v) is 10.00. The number of aliphatic carboxylic acids is 1. The quantitative estimate of drug-likeness (QED) is 0.182. The third-order valence-electron chi connectivity index (χ3n) is 4.51. The van der Waals surface area contributed by atoms with Gasteiger partial charge in [0.1, 0.15) is 12.8 Å². The summed E-state index contributed by atoms with van der Waals surface area (Å²) in [6.45, 7) is 1.33. The molecule has 1 rings (SSSR count). The molecule has 1 aliphatic rings. The van der Waals surface area contributed by atoms with Gasteiger partial charge in [0.2, 0.25) is 0 Å². The summed E-state index contributed by atoms with van der Waals surface area (Å²) in [7, 11) is 0. The van der Waals surface area contributed by atoms with E-state index in [4.69, 9.17) is 20.3 Å². The average molecular weight is 411 g/mol. The van der Waals surface area contributed by atoms with Gasteiger partial charge in [-0.1, -0.05) is 6.92 Å². The summed E-state index contributed by atoms with van der Waals surface area (Å²) in [4.78, 5) is 23.1. The van der Waals surface area contributed by atoms with Crippen LogP contribution in [0.1, 0.15) is 26.2 Å². The average Bonchev–Trinajstić information content (AvgIpc) is 2.56. The Morgan fingerprint density at radius 3 is 2.56 bits per heavy atom. The van der Waals surface area contributed by atoms with Crippen LogP contribution in [0.15, 0.2) is 0 Å². The molecule has 10 nitrogen and oxygen atoms in total. The smallest absolute Gasteiger partial charge is 0.364 e. The Hall–Kier alpha value is -0.950. The minimum Gasteiger partial charge on any atom is -0.477 e. The van der Waals surface area contributed by atoms with Gasteiger partial charge >= 0.3 is 11.9 Å². The van der Waals surface area contributed by atoms with Gasteiger partial charge in [-0.15, -0.1) is 0 Å². The number of hydrogen-bond acceptors (Lipinski definition) is 10. The number of nitrogens with two attached hydrogens (primary N) is 1. The van der Waals surface area contributed by atoms with E-state index >= 15 is 0 Å². The zero-order valence-corrected chi connectivity index (χ0v) is 16.2. The lowest BCUT2D eigenvalue weighted by molar-refractivity contribution is -0.296. The normalized spacial score (nSPS) is 31.7. The molecule has 1 saturated heterocycles. The zero-order chi connectivity index (χ0) is 20.8. The first-order valence-electron chi connectivity index (χ1n) is 8.60. The van der Waals surface area contributed by atoms with Crippen molar-refractivity contribution in [3.8, 4) is 0 Å². The van der Waals surface area contributed by atoms with Gasteiger partial charge in [0.15, 0.2) is 0 Å². The van der Waals surface area contributed by atoms with Gasteiger partial charge in [0.25, 0.3) is 5.79 Å². The molecule has 0 aromatic rings. The van der Waals surface area contributed by atoms with E-state index in [1.54, 1.807) is 18.7 Å². The van der Waals surface area contributed by atoms with Crippen molar-refractivity contribution in [1.82, 2.24) is 0 Å². The van der Waals surface area contributed by atoms with Crippen molar-refractivity contribution in [1.29, 1.82) is 0 Å². The van der Waals surface area contributed by atoms with Crippen LogP contribution < -0.4 is 5.73 Å². The van der Waals surface area contributed by atoms with Crippen molar-refractivity contribution in [2.24, 2.45) is 17.6 Å². The van der Waals surface area contributed by atoms with Crippen LogP contribution in [0.3, 0.4) is 0 Å². The molecule has 0 saturated carbocycles. The van der Waals surface area contributed by atoms with Gasteiger partial charge in [-0.05, 0) is 18.4 Å². The summed E-state index contributed by atoms with van der Waals surface area (Å²) < 4.78 is 10.1. The molecule has 0 bridgehead atoms. The molecular weight excluding hydrogens is 382 g/mol. The Bertz CT molecular complexity index is 506. The predicted molar refractivity (Wildman–Crippen MR) is 95.5 cm³/mol. The third-order valence-corrected chi connectivity index (χ3v) is 5.16. The number of carbonyl (C=O) groups excluding carboxylic acids is 1. The number of esters is 1. The van der Waals surface area contributed by atoms with E-state index in [1.807, 2.05) is 6.26 Å². The number of carboxylic acids is 1. The largest absolute Gasteiger partial charge is 0.477 e. The molecule has 0 amide bonds. The van der Waals surface area contributed by atoms with Crippen molar-refractivity contribution < 1.29 is 44.6 Å². The van der Waals surface area contributed by atoms with Crippen LogP contribution in [0, 0.1) is 11.8 Å². The van der Waals surface area contributed by atoms with Gasteiger partial charge in [0.05, 0.1) is 30.1 Å². The minimum absolute atomic E-state index is 0.307. The van der Waals surface area contributed by atoms with Gasteiger partial charge in [-0.3, -0.25) is 4.79 Å². The molecule has 0 radical (unpaired) electrons. The molecule has 1 aliphatic heterocycles. The van der Waals surface area contributed by atoms with E-state index in [-0.39, 0.29) is 18.9 Å². The van der Waals surface area contributed by atoms with Gasteiger partial charge in [-0.25, -0.2) is 4.79 Å². The monoisotopic (exact) mass is 411 g/mol. The Morgan fingerprint density at radius 1 is 1.41 bits per heavy atom. The van der Waals surface area contributed by atoms with Gasteiger partial charge in [0, 0.05) is 12.8 Å². The predicted octanol–water partition coefficient (Wildman–Crippen LogP) is -1.51. The van der Waals surface area contributed by atoms with Crippen LogP contribution in [0.4, 0.5) is 0 Å². The number of carboxylic acid groups (broad SMARTS) is 1. The second-order valence-corrected chi connectivity index (χ2v) is 7.77. The van der Waals surface area contributed by atoms with E-state index < -0.39 is 54.6 Å². The second-order valence-electron chi connectivity index (χ2n) is 6.79. The fraction of sp³-hybridized carbons (Fsp3) is 0.875. The Morgan fingerprint density at radius 2 is 2.04 bits per heavy atom. The van der Waals surface area contributed by atoms with E-state index in [9.17, 15) is 30.0 Å². The number of aliphatic hydroxyl groups is 4. The highest BCUT2D eigenvalue weighted by atomic mass is 32.2. The maximum atomic E-state index is 11.9. The number of rotatable bonds is 10. The Balaban J connectivity index is 2.68. The standard InChI is InChI=1S/C16H29NO9S/c1-8(3-4-27-2)14(21)25-7-9(18)5-11-12(13(17)20)10(19)6-16(24,26-11)15(22)23/h8-13,18-20,24H,3-7,17H2,1-2H3,(H,22,23)/t8-,9+,10?,11?,12?,13+,16?/m1/s1. The molecule has 7 N–H and O–H groups in total. The molecule has 158 valence electrons. The molecule has 27 heavy (non-hydrogen) atoms. The number of ether oxygens (including phenoxy) is 2. The van der Waals surface area contributed by atoms with Crippen LogP contribution >= 0.6 is 11.8 Å². The number of aliphatic hydroxyl groups excluding tert-OH is 3. The summed E-state index contributed by atoms with van der Waals surface area (Å²) in [5.74, 6) is -5.54. The van der Waals surface area contributed by atoms with Crippen molar-refractivity contribution in [2.75, 3.05) is 18.6 Å². The summed E-state index contributed by atoms with van der Waals surface area (Å²) in [6, 6.07) is 0. The van der Waals surface area contributed by atoms with Crippen molar-refractivity contribution in [3.63, 3.8) is 0 Å². The third kappa shape index (κ3) is 6.86. The second kappa shape index (κ2) is 10.6. The van der Waals surface area contributed by atoms with Crippen molar-refractivity contribution in [3.05, 3.63) is 0 Å². The first-order chi connectivity index (χ1) is 12.5. The Kier molecular flexibility index (Phi) is 9.42. The molecular formula is C16H29NO9S. The lowest BCUT2D eigenvalue weighted by Gasteiger charge is -2.43. The van der Waals surface area contributed by atoms with E-state index in [1.165, 1.54) is 0 Å². The maximum Gasteiger partial charge on any atom is 0.364 e. The Labute approximate surface area is 161 Å². The SMILES string of the molecule is CSCC[C@@H](C)C(=O)OC[C@@H](O)CC1OC(O)(C(=O)O)CC(O)C1[C@@H](N)O. The van der Waals surface area contributed by atoms with E-state index in [0.717, 1.165) is 5.75 Å². The van der Waals surface area contributed by atoms with Crippen LogP contribution in [0.25, 0.3) is 0 Å². The highest BCUT2D eigenvalue weighted by Gasteiger charge is 2.52. The van der Waals surface area contributed by atoms with E-state index in [0.29, 0.717) is 6.42 Å². The number of carbonyl (C=O) groups is 2. The maximum absolute atomic E-state index is 11.9. The lowest BCUT2D eigenvalue weighted by Crippen LogP contribution is -2.60. The molecule has 0 aromatic carbocycles. The van der Waals surface area contributed by atoms with Crippen LogP contribution in [-0.2, 0) is 19.1 Å². The van der Waals surface area contributed by atoms with Crippen molar-refractivity contribution >= 4 is 23.7 Å². The molecule has 1 heterocycles. The van der Waals surface area contributed by atoms with Gasteiger partial charge in [-0.2, -0.15) is 11.8 Å². The summed E-state index contributed by atoms with van der Waals surface area (Å²) in [5.41, 5.74) is 5.41. The highest BCUT2D eigenvalue weighted by molar-refractivity contribution is 7.98. The topological polar surface area (TPSA) is 180 Å². The summed E-state index contributed by atoms with van der Waals surface area (Å²) in [5, 5.41) is 48.9. The van der Waals surface area contributed by atoms with Crippen LogP contribution in [0.5, 0.6) is 0 Å². The molecule has 0 spiro atoms. The number of hydrogen-bond donors (Lipinski definition) is 6. The minimum atomic E-state index is -2.67. The van der Waals surface area contributed by atoms with Crippen molar-refractivity contribution in [2.45, 2.75) is 56.5 Å². The molecule has 0 aliphatic carbocycles. The molecule has 11 heteroatoms. The lowest BCUT2D eigenvalue weighted by atomic mass is 9.83. The van der Waals surface area contributed by atoms with Crippen LogP contribution in [0.2, 0.25) is 0 Å². The fourth-order valence-electron chi connectivity index (χ4n) is 2.90. The zero-order valence-electron chi connectivity index (χ0n) is 15.4. The highest BCUT2D eigenvalue weighted by Crippen LogP contribution is 2.35. The van der Waals surface area contributed by atoms with E-state index in [2.05, 4.69) is 0 Å². The van der Waals surface area contributed by atoms with Gasteiger partial charge < -0.3 is 40.7 Å². The molecule has 0 aromatic heterocycles. The molecule has 4 unspecified atom stereocenters. The summed E-state index contributed by atoms with van der Waals surface area (Å²) in [6.07, 6.45) is -4.01. The fourth-order valence-corrected chi connectivity index (χ4v) is 3.49. The first kappa shape index (κ1) is 24.1. The van der Waals surface area contributed by atoms with Crippen LogP contribution in [-0.4, -0.2) is 86.4 Å².